The van der Waals surface area contributed by atoms with Gasteiger partial charge >= 0.3 is 0 Å². The van der Waals surface area contributed by atoms with Crippen molar-refractivity contribution in [2.75, 3.05) is 0 Å². The highest BCUT2D eigenvalue weighted by Gasteiger charge is 2.23. The Balaban J connectivity index is 1.56. The summed E-state index contributed by atoms with van der Waals surface area (Å²) in [4.78, 5) is 0. The fourth-order valence-electron chi connectivity index (χ4n) is 6.77. The fourth-order valence-corrected chi connectivity index (χ4v) is 6.77. The van der Waals surface area contributed by atoms with Gasteiger partial charge in [0.25, 0.3) is 0 Å². The molecule has 1 aromatic heterocycles. The van der Waals surface area contributed by atoms with Crippen LogP contribution < -0.4 is 38.2 Å². The number of hydrogen-bond donors (Lipinski definition) is 0. The molecule has 0 unspecified atom stereocenters. The molecule has 0 aliphatic heterocycles. The van der Waals surface area contributed by atoms with Crippen molar-refractivity contribution in [3.63, 3.8) is 0 Å². The van der Waals surface area contributed by atoms with Gasteiger partial charge in [-0.15, -0.1) is 16.4 Å². The lowest BCUT2D eigenvalue weighted by Gasteiger charge is -2.27. The number of hydrogen-bond acceptors (Lipinski definition) is 1. The van der Waals surface area contributed by atoms with Gasteiger partial charge in [0.1, 0.15) is 66.1 Å². The molecule has 14 radical (unpaired) electrons. The summed E-state index contributed by atoms with van der Waals surface area (Å²) in [5, 5.41) is 7.00. The van der Waals surface area contributed by atoms with Crippen molar-refractivity contribution >= 4 is 147 Å². The molecule has 0 aliphatic carbocycles. The SMILES string of the molecule is [B]c1c([B])c([B])c2c(-c3c4ccccc4c(-c4ccc5c(c4)oc4ccccc45)c4ccccc34)c([B])c([B])c([B])c2c1[B]. The Hall–Kier alpha value is -4.43. The number of para-hydroxylation sites is 1. The van der Waals surface area contributed by atoms with E-state index in [1.54, 1.807) is 0 Å². The second-order valence-corrected chi connectivity index (χ2v) is 11.2. The lowest BCUT2D eigenvalue weighted by atomic mass is 9.58. The van der Waals surface area contributed by atoms with Crippen LogP contribution in [0.15, 0.2) is 95.4 Å². The van der Waals surface area contributed by atoms with E-state index in [0.717, 1.165) is 60.2 Å². The van der Waals surface area contributed by atoms with Crippen LogP contribution in [0, 0.1) is 0 Å². The highest BCUT2D eigenvalue weighted by Crippen LogP contribution is 2.45. The number of benzene rings is 7. The average Bonchev–Trinajstić information content (AvgIpc) is 3.42. The first-order valence-corrected chi connectivity index (χ1v) is 14.1. The van der Waals surface area contributed by atoms with E-state index in [1.807, 2.05) is 42.5 Å². The van der Waals surface area contributed by atoms with Gasteiger partial charge in [-0.1, -0.05) is 94.6 Å². The van der Waals surface area contributed by atoms with Crippen molar-refractivity contribution in [3.8, 4) is 22.3 Å². The van der Waals surface area contributed by atoms with Crippen molar-refractivity contribution in [3.05, 3.63) is 91.0 Å². The molecule has 0 aliphatic rings. The molecule has 0 fully saturated rings. The third-order valence-corrected chi connectivity index (χ3v) is 8.88. The van der Waals surface area contributed by atoms with Gasteiger partial charge in [-0.2, -0.15) is 0 Å². The van der Waals surface area contributed by atoms with Gasteiger partial charge in [0.2, 0.25) is 0 Å². The molecule has 8 rings (SSSR count). The van der Waals surface area contributed by atoms with E-state index in [9.17, 15) is 0 Å². The minimum Gasteiger partial charge on any atom is -0.456 e. The standard InChI is InChI=1S/C36H15B7O/c37-30-27(28-29(32(39)34(30)41)33(40)36(43)35(42)31(28)38)26-21-10-3-1-8-19(21)25(20-9-2-4-11-22(20)26)16-13-14-18-17-7-5-6-12-23(17)44-24(18)15-16/h1-15H. The first kappa shape index (κ1) is 27.1. The van der Waals surface area contributed by atoms with E-state index in [-0.39, 0.29) is 38.2 Å². The van der Waals surface area contributed by atoms with Crippen LogP contribution in [0.2, 0.25) is 0 Å². The predicted octanol–water partition coefficient (Wildman–Crippen LogP) is 1.94. The van der Waals surface area contributed by atoms with Gasteiger partial charge in [0, 0.05) is 10.8 Å². The summed E-state index contributed by atoms with van der Waals surface area (Å²) in [6.45, 7) is 0. The molecule has 0 N–H and O–H groups in total. The molecule has 0 saturated carbocycles. The Morgan fingerprint density at radius 1 is 0.341 bits per heavy atom. The van der Waals surface area contributed by atoms with Gasteiger partial charge < -0.3 is 4.42 Å². The molecule has 186 valence electrons. The van der Waals surface area contributed by atoms with Crippen molar-refractivity contribution in [1.82, 2.24) is 0 Å². The quantitative estimate of drug-likeness (QED) is 0.242. The monoisotopic (exact) mass is 540 g/mol. The van der Waals surface area contributed by atoms with Crippen LogP contribution >= 0.6 is 0 Å². The van der Waals surface area contributed by atoms with Crippen LogP contribution in [0.5, 0.6) is 0 Å². The van der Waals surface area contributed by atoms with Crippen molar-refractivity contribution in [1.29, 1.82) is 0 Å². The zero-order valence-electron chi connectivity index (χ0n) is 23.6. The first-order valence-electron chi connectivity index (χ1n) is 14.1. The van der Waals surface area contributed by atoms with E-state index < -0.39 is 0 Å². The average molecular weight is 539 g/mol. The molecular formula is C36H15B7O. The predicted molar refractivity (Wildman–Crippen MR) is 195 cm³/mol. The lowest BCUT2D eigenvalue weighted by Crippen LogP contribution is -2.52. The molecule has 0 atom stereocenters. The molecule has 8 aromatic rings. The summed E-state index contributed by atoms with van der Waals surface area (Å²) < 4.78 is 6.28. The minimum absolute atomic E-state index is 0.155. The Morgan fingerprint density at radius 2 is 0.795 bits per heavy atom. The number of rotatable bonds is 2. The van der Waals surface area contributed by atoms with Crippen LogP contribution in [0.25, 0.3) is 76.5 Å². The normalized spacial score (nSPS) is 11.8. The van der Waals surface area contributed by atoms with Gasteiger partial charge in [-0.3, -0.25) is 0 Å². The Bertz CT molecular complexity index is 2470. The number of furan rings is 1. The Morgan fingerprint density at radius 3 is 1.39 bits per heavy atom. The third kappa shape index (κ3) is 3.64. The van der Waals surface area contributed by atoms with E-state index in [0.29, 0.717) is 16.3 Å². The maximum atomic E-state index is 6.83. The second kappa shape index (κ2) is 9.79. The molecular weight excluding hydrogens is 524 g/mol. The molecule has 1 nitrogen and oxygen atoms in total. The largest absolute Gasteiger partial charge is 0.456 e. The van der Waals surface area contributed by atoms with Crippen LogP contribution in [0.4, 0.5) is 0 Å². The zero-order valence-corrected chi connectivity index (χ0v) is 23.6. The second-order valence-electron chi connectivity index (χ2n) is 11.2. The van der Waals surface area contributed by atoms with Gasteiger partial charge in [0.05, 0.1) is 0 Å². The minimum atomic E-state index is 0.155. The topological polar surface area (TPSA) is 13.1 Å². The van der Waals surface area contributed by atoms with Crippen LogP contribution in [-0.4, -0.2) is 54.9 Å². The molecule has 7 aromatic carbocycles. The smallest absolute Gasteiger partial charge is 0.136 e. The maximum Gasteiger partial charge on any atom is 0.136 e. The molecule has 0 bridgehead atoms. The molecule has 0 amide bonds. The number of fused-ring (bicyclic) bond motifs is 6. The highest BCUT2D eigenvalue weighted by atomic mass is 16.3. The molecule has 0 saturated heterocycles. The van der Waals surface area contributed by atoms with E-state index >= 15 is 0 Å². The summed E-state index contributed by atoms with van der Waals surface area (Å²) in [5.41, 5.74) is 6.68. The summed E-state index contributed by atoms with van der Waals surface area (Å²) in [5.74, 6) is 0. The van der Waals surface area contributed by atoms with Crippen molar-refractivity contribution < 1.29 is 4.42 Å². The van der Waals surface area contributed by atoms with E-state index in [2.05, 4.69) is 48.5 Å². The van der Waals surface area contributed by atoms with Gasteiger partial charge in [-0.25, -0.2) is 0 Å². The summed E-state index contributed by atoms with van der Waals surface area (Å²) in [6, 6.07) is 30.8. The molecule has 1 heterocycles. The molecule has 8 heteroatoms. The summed E-state index contributed by atoms with van der Waals surface area (Å²) in [6.07, 6.45) is 0. The Kier molecular flexibility index (Phi) is 6.04. The highest BCUT2D eigenvalue weighted by molar-refractivity contribution is 6.72. The summed E-state index contributed by atoms with van der Waals surface area (Å²) >= 11 is 0. The Labute approximate surface area is 264 Å². The van der Waals surface area contributed by atoms with Crippen LogP contribution in [0.1, 0.15) is 0 Å². The first-order chi connectivity index (χ1) is 21.3. The van der Waals surface area contributed by atoms with Crippen LogP contribution in [0.3, 0.4) is 0 Å². The summed E-state index contributed by atoms with van der Waals surface area (Å²) in [7, 11) is 45.7. The third-order valence-electron chi connectivity index (χ3n) is 8.88. The van der Waals surface area contributed by atoms with E-state index in [1.165, 1.54) is 0 Å². The van der Waals surface area contributed by atoms with Crippen LogP contribution in [-0.2, 0) is 0 Å². The lowest BCUT2D eigenvalue weighted by molar-refractivity contribution is 0.669. The van der Waals surface area contributed by atoms with Crippen molar-refractivity contribution in [2.24, 2.45) is 0 Å². The zero-order chi connectivity index (χ0) is 30.4. The van der Waals surface area contributed by atoms with Gasteiger partial charge in [-0.05, 0) is 72.8 Å². The van der Waals surface area contributed by atoms with Crippen molar-refractivity contribution in [2.45, 2.75) is 0 Å². The van der Waals surface area contributed by atoms with E-state index in [4.69, 9.17) is 59.3 Å². The molecule has 44 heavy (non-hydrogen) atoms. The van der Waals surface area contributed by atoms with Gasteiger partial charge in [0.15, 0.2) is 0 Å². The maximum absolute atomic E-state index is 6.83. The fraction of sp³-hybridized carbons (Fsp3) is 0. The molecule has 0 spiro atoms.